The summed E-state index contributed by atoms with van der Waals surface area (Å²) in [5.41, 5.74) is 0. The fraction of sp³-hybridized carbons (Fsp3) is 0.875. The smallest absolute Gasteiger partial charge is 0.308 e. The molecule has 0 heterocycles. The number of carboxylic acid groups (broad SMARTS) is 1. The number of nitrogens with one attached hydrogen (secondary N) is 1. The van der Waals surface area contributed by atoms with Gasteiger partial charge in [0.05, 0.1) is 5.92 Å². The second kappa shape index (κ2) is 3.72. The Labute approximate surface area is 66.8 Å². The zero-order valence-corrected chi connectivity index (χ0v) is 6.84. The monoisotopic (exact) mass is 157 g/mol. The van der Waals surface area contributed by atoms with E-state index >= 15 is 0 Å². The molecule has 64 valence electrons. The third kappa shape index (κ3) is 2.50. The number of aliphatic carboxylic acids is 1. The standard InChI is InChI=1S/C8H15NO2/c1-2-3-4-9-7-5-6(7)8(10)11/h6-7,9H,2-5H2,1H3,(H,10,11). The second-order valence-corrected chi connectivity index (χ2v) is 3.09. The topological polar surface area (TPSA) is 49.3 Å². The van der Waals surface area contributed by atoms with Crippen LogP contribution < -0.4 is 5.32 Å². The second-order valence-electron chi connectivity index (χ2n) is 3.09. The number of carboxylic acids is 1. The SMILES string of the molecule is CCCCNC1CC1C(=O)O. The van der Waals surface area contributed by atoms with Crippen molar-refractivity contribution in [3.8, 4) is 0 Å². The third-order valence-corrected chi connectivity index (χ3v) is 2.04. The predicted octanol–water partition coefficient (Wildman–Crippen LogP) is 0.849. The highest BCUT2D eigenvalue weighted by atomic mass is 16.4. The van der Waals surface area contributed by atoms with E-state index in [0.717, 1.165) is 25.8 Å². The highest BCUT2D eigenvalue weighted by Crippen LogP contribution is 2.30. The normalized spacial score (nSPS) is 28.5. The van der Waals surface area contributed by atoms with Gasteiger partial charge in [0.15, 0.2) is 0 Å². The van der Waals surface area contributed by atoms with Gasteiger partial charge in [0.2, 0.25) is 0 Å². The fourth-order valence-electron chi connectivity index (χ4n) is 1.16. The van der Waals surface area contributed by atoms with Gasteiger partial charge in [-0.1, -0.05) is 13.3 Å². The van der Waals surface area contributed by atoms with Crippen LogP contribution in [0.4, 0.5) is 0 Å². The Morgan fingerprint density at radius 1 is 1.73 bits per heavy atom. The van der Waals surface area contributed by atoms with Crippen molar-refractivity contribution in [2.24, 2.45) is 5.92 Å². The molecule has 0 bridgehead atoms. The molecule has 2 unspecified atom stereocenters. The number of unbranched alkanes of at least 4 members (excludes halogenated alkanes) is 1. The Balaban J connectivity index is 2.00. The quantitative estimate of drug-likeness (QED) is 0.582. The summed E-state index contributed by atoms with van der Waals surface area (Å²) in [6.07, 6.45) is 3.12. The van der Waals surface area contributed by atoms with E-state index in [0.29, 0.717) is 0 Å². The minimum Gasteiger partial charge on any atom is -0.481 e. The Morgan fingerprint density at radius 3 is 2.91 bits per heavy atom. The molecule has 1 fully saturated rings. The third-order valence-electron chi connectivity index (χ3n) is 2.04. The number of carbonyl (C=O) groups is 1. The van der Waals surface area contributed by atoms with Crippen molar-refractivity contribution in [1.82, 2.24) is 5.32 Å². The van der Waals surface area contributed by atoms with E-state index < -0.39 is 5.97 Å². The molecule has 0 aromatic rings. The first-order valence-corrected chi connectivity index (χ1v) is 4.22. The highest BCUT2D eigenvalue weighted by Gasteiger charge is 2.42. The molecule has 0 aromatic heterocycles. The summed E-state index contributed by atoms with van der Waals surface area (Å²) in [6, 6.07) is 0.263. The molecule has 1 rings (SSSR count). The molecule has 0 radical (unpaired) electrons. The molecule has 0 amide bonds. The Bertz CT molecular complexity index is 147. The zero-order valence-electron chi connectivity index (χ0n) is 6.84. The van der Waals surface area contributed by atoms with Gasteiger partial charge < -0.3 is 10.4 Å². The van der Waals surface area contributed by atoms with Crippen molar-refractivity contribution in [2.45, 2.75) is 32.2 Å². The van der Waals surface area contributed by atoms with Crippen LogP contribution >= 0.6 is 0 Å². The number of rotatable bonds is 5. The summed E-state index contributed by atoms with van der Waals surface area (Å²) in [5, 5.41) is 11.7. The molecule has 3 heteroatoms. The molecule has 2 atom stereocenters. The molecule has 1 aliphatic carbocycles. The summed E-state index contributed by atoms with van der Waals surface area (Å²) in [6.45, 7) is 3.09. The fourth-order valence-corrected chi connectivity index (χ4v) is 1.16. The average molecular weight is 157 g/mol. The predicted molar refractivity (Wildman–Crippen MR) is 42.4 cm³/mol. The van der Waals surface area contributed by atoms with Gasteiger partial charge in [-0.25, -0.2) is 0 Å². The van der Waals surface area contributed by atoms with E-state index in [1.807, 2.05) is 0 Å². The largest absolute Gasteiger partial charge is 0.481 e. The van der Waals surface area contributed by atoms with Crippen molar-refractivity contribution in [3.63, 3.8) is 0 Å². The van der Waals surface area contributed by atoms with Gasteiger partial charge >= 0.3 is 5.97 Å². The van der Waals surface area contributed by atoms with Gasteiger partial charge in [-0.2, -0.15) is 0 Å². The number of hydrogen-bond acceptors (Lipinski definition) is 2. The van der Waals surface area contributed by atoms with Crippen LogP contribution in [0.5, 0.6) is 0 Å². The molecule has 3 nitrogen and oxygen atoms in total. The van der Waals surface area contributed by atoms with Crippen LogP contribution in [0.15, 0.2) is 0 Å². The maximum absolute atomic E-state index is 10.4. The van der Waals surface area contributed by atoms with Crippen molar-refractivity contribution in [3.05, 3.63) is 0 Å². The summed E-state index contributed by atoms with van der Waals surface area (Å²) in [5.74, 6) is -0.758. The summed E-state index contributed by atoms with van der Waals surface area (Å²) < 4.78 is 0. The van der Waals surface area contributed by atoms with Gasteiger partial charge in [0, 0.05) is 6.04 Å². The lowest BCUT2D eigenvalue weighted by Gasteiger charge is -1.99. The van der Waals surface area contributed by atoms with Crippen molar-refractivity contribution >= 4 is 5.97 Å². The molecular formula is C8H15NO2. The number of hydrogen-bond donors (Lipinski definition) is 2. The van der Waals surface area contributed by atoms with Crippen LogP contribution in [0, 0.1) is 5.92 Å². The molecule has 1 saturated carbocycles. The molecule has 0 aliphatic heterocycles. The van der Waals surface area contributed by atoms with Crippen molar-refractivity contribution in [2.75, 3.05) is 6.54 Å². The van der Waals surface area contributed by atoms with Crippen LogP contribution in [0.2, 0.25) is 0 Å². The molecular weight excluding hydrogens is 142 g/mol. The first-order valence-electron chi connectivity index (χ1n) is 4.22. The molecule has 0 aromatic carbocycles. The summed E-state index contributed by atoms with van der Waals surface area (Å²) in [7, 11) is 0. The van der Waals surface area contributed by atoms with Gasteiger partial charge in [-0.05, 0) is 19.4 Å². The molecule has 11 heavy (non-hydrogen) atoms. The molecule has 2 N–H and O–H groups in total. The Hall–Kier alpha value is -0.570. The first kappa shape index (κ1) is 8.53. The van der Waals surface area contributed by atoms with Gasteiger partial charge in [-0.15, -0.1) is 0 Å². The van der Waals surface area contributed by atoms with Crippen LogP contribution in [-0.2, 0) is 4.79 Å². The Morgan fingerprint density at radius 2 is 2.45 bits per heavy atom. The van der Waals surface area contributed by atoms with Crippen LogP contribution in [0.25, 0.3) is 0 Å². The van der Waals surface area contributed by atoms with Gasteiger partial charge in [-0.3, -0.25) is 4.79 Å². The van der Waals surface area contributed by atoms with E-state index in [9.17, 15) is 4.79 Å². The highest BCUT2D eigenvalue weighted by molar-refractivity contribution is 5.74. The maximum atomic E-state index is 10.4. The van der Waals surface area contributed by atoms with E-state index in [-0.39, 0.29) is 12.0 Å². The zero-order chi connectivity index (χ0) is 8.27. The van der Waals surface area contributed by atoms with E-state index in [2.05, 4.69) is 12.2 Å². The Kier molecular flexibility index (Phi) is 2.88. The van der Waals surface area contributed by atoms with Gasteiger partial charge in [0.25, 0.3) is 0 Å². The van der Waals surface area contributed by atoms with Crippen molar-refractivity contribution in [1.29, 1.82) is 0 Å². The van der Waals surface area contributed by atoms with Crippen LogP contribution in [0.1, 0.15) is 26.2 Å². The van der Waals surface area contributed by atoms with E-state index in [4.69, 9.17) is 5.11 Å². The van der Waals surface area contributed by atoms with Crippen LogP contribution in [0.3, 0.4) is 0 Å². The lowest BCUT2D eigenvalue weighted by atomic mass is 10.3. The van der Waals surface area contributed by atoms with E-state index in [1.54, 1.807) is 0 Å². The lowest BCUT2D eigenvalue weighted by molar-refractivity contribution is -0.138. The average Bonchev–Trinajstić information content (AvgIpc) is 2.68. The summed E-state index contributed by atoms with van der Waals surface area (Å²) in [4.78, 5) is 10.4. The first-order chi connectivity index (χ1) is 5.25. The lowest BCUT2D eigenvalue weighted by Crippen LogP contribution is -2.21. The molecule has 0 spiro atoms. The van der Waals surface area contributed by atoms with Gasteiger partial charge in [0.1, 0.15) is 0 Å². The minimum atomic E-state index is -0.654. The van der Waals surface area contributed by atoms with Crippen LogP contribution in [-0.4, -0.2) is 23.7 Å². The maximum Gasteiger partial charge on any atom is 0.308 e. The molecule has 1 aliphatic rings. The minimum absolute atomic E-state index is 0.105. The summed E-state index contributed by atoms with van der Waals surface area (Å²) >= 11 is 0. The molecule has 0 saturated heterocycles. The van der Waals surface area contributed by atoms with E-state index in [1.165, 1.54) is 0 Å². The van der Waals surface area contributed by atoms with Crippen molar-refractivity contribution < 1.29 is 9.90 Å².